The molecule has 3 aromatic rings. The molecule has 2 aliphatic heterocycles. The molecule has 1 unspecified atom stereocenters. The van der Waals surface area contributed by atoms with Crippen molar-refractivity contribution in [2.45, 2.75) is 69.5 Å². The molecule has 2 aromatic heterocycles. The molecule has 0 amide bonds. The zero-order chi connectivity index (χ0) is 29.9. The summed E-state index contributed by atoms with van der Waals surface area (Å²) in [6.07, 6.45) is 2.06. The Balaban J connectivity index is 1.47. The van der Waals surface area contributed by atoms with E-state index in [0.717, 1.165) is 55.7 Å². The molecule has 2 aliphatic rings. The van der Waals surface area contributed by atoms with Crippen LogP contribution in [0.4, 0.5) is 36.4 Å². The summed E-state index contributed by atoms with van der Waals surface area (Å²) < 4.78 is 68.6. The van der Waals surface area contributed by atoms with E-state index in [0.29, 0.717) is 55.6 Å². The second kappa shape index (κ2) is 12.4. The summed E-state index contributed by atoms with van der Waals surface area (Å²) in [5.74, 6) is 1.52. The maximum Gasteiger partial charge on any atom is 0.416 e. The molecule has 226 valence electrons. The molecule has 1 atom stereocenters. The van der Waals surface area contributed by atoms with Gasteiger partial charge in [-0.15, -0.1) is 0 Å². The quantitative estimate of drug-likeness (QED) is 0.357. The fourth-order valence-corrected chi connectivity index (χ4v) is 6.76. The number of aromatic nitrogens is 3. The van der Waals surface area contributed by atoms with Crippen molar-refractivity contribution in [1.29, 1.82) is 0 Å². The number of anilines is 4. The van der Waals surface area contributed by atoms with Gasteiger partial charge in [0.1, 0.15) is 16.5 Å². The first-order chi connectivity index (χ1) is 20.0. The molecule has 0 spiro atoms. The van der Waals surface area contributed by atoms with Crippen LogP contribution in [0, 0.1) is 0 Å². The minimum atomic E-state index is -4.42. The Hall–Kier alpha value is -3.45. The van der Waals surface area contributed by atoms with Gasteiger partial charge < -0.3 is 15.1 Å². The van der Waals surface area contributed by atoms with Crippen LogP contribution in [0.1, 0.15) is 56.4 Å². The van der Waals surface area contributed by atoms with Gasteiger partial charge in [0.15, 0.2) is 0 Å². The summed E-state index contributed by atoms with van der Waals surface area (Å²) in [4.78, 5) is 18.5. The molecule has 4 heterocycles. The molecule has 9 nitrogen and oxygen atoms in total. The van der Waals surface area contributed by atoms with Crippen molar-refractivity contribution in [3.63, 3.8) is 0 Å². The molecule has 1 fully saturated rings. The monoisotopic (exact) mass is 603 g/mol. The van der Waals surface area contributed by atoms with Gasteiger partial charge in [0.2, 0.25) is 16.0 Å². The number of sulfonamides is 1. The minimum Gasteiger partial charge on any atom is -0.355 e. The molecule has 5 rings (SSSR count). The molecular formula is C29H36F3N7O2S. The standard InChI is InChI=1S/C29H36F3N7O2S/c1-3-20(2)37-42(40,41)25-8-7-15-33-27(25)38-18-13-23-24(14-19-38)35-28(39-16-5-4-6-17-39)36-26(23)34-22-11-9-21(10-12-22)29(30,31)32/h7-12,15,20,37H,3-6,13-14,16-19H2,1-2H3,(H,34,35,36). The van der Waals surface area contributed by atoms with Gasteiger partial charge in [-0.3, -0.25) is 0 Å². The third kappa shape index (κ3) is 6.78. The molecule has 1 saturated heterocycles. The smallest absolute Gasteiger partial charge is 0.355 e. The van der Waals surface area contributed by atoms with E-state index >= 15 is 0 Å². The number of rotatable bonds is 8. The normalized spacial score (nSPS) is 17.0. The number of hydrogen-bond donors (Lipinski definition) is 2. The number of benzene rings is 1. The van der Waals surface area contributed by atoms with Crippen molar-refractivity contribution in [1.82, 2.24) is 19.7 Å². The molecule has 13 heteroatoms. The average Bonchev–Trinajstić information content (AvgIpc) is 3.20. The summed E-state index contributed by atoms with van der Waals surface area (Å²) in [6, 6.07) is 7.85. The van der Waals surface area contributed by atoms with Crippen molar-refractivity contribution in [3.8, 4) is 0 Å². The highest BCUT2D eigenvalue weighted by Crippen LogP contribution is 2.33. The molecule has 0 saturated carbocycles. The fourth-order valence-electron chi connectivity index (χ4n) is 5.26. The third-order valence-electron chi connectivity index (χ3n) is 7.75. The lowest BCUT2D eigenvalue weighted by atomic mass is 10.1. The van der Waals surface area contributed by atoms with Crippen LogP contribution in [0.2, 0.25) is 0 Å². The molecule has 0 radical (unpaired) electrons. The number of hydrogen-bond acceptors (Lipinski definition) is 8. The van der Waals surface area contributed by atoms with E-state index in [-0.39, 0.29) is 10.9 Å². The predicted molar refractivity (Wildman–Crippen MR) is 157 cm³/mol. The van der Waals surface area contributed by atoms with Gasteiger partial charge in [0.05, 0.1) is 11.3 Å². The first-order valence-electron chi connectivity index (χ1n) is 14.4. The van der Waals surface area contributed by atoms with Crippen LogP contribution in [0.5, 0.6) is 0 Å². The summed E-state index contributed by atoms with van der Waals surface area (Å²) in [5, 5.41) is 3.25. The third-order valence-corrected chi connectivity index (χ3v) is 9.36. The Kier molecular flexibility index (Phi) is 8.88. The molecule has 0 bridgehead atoms. The van der Waals surface area contributed by atoms with Crippen LogP contribution < -0.4 is 19.8 Å². The number of piperidine rings is 1. The lowest BCUT2D eigenvalue weighted by Gasteiger charge is -2.28. The second-order valence-electron chi connectivity index (χ2n) is 10.8. The maximum atomic E-state index is 13.2. The van der Waals surface area contributed by atoms with Crippen molar-refractivity contribution >= 4 is 33.3 Å². The highest BCUT2D eigenvalue weighted by atomic mass is 32.2. The van der Waals surface area contributed by atoms with E-state index in [2.05, 4.69) is 19.9 Å². The van der Waals surface area contributed by atoms with Crippen LogP contribution in [-0.2, 0) is 29.0 Å². The van der Waals surface area contributed by atoms with Gasteiger partial charge >= 0.3 is 6.18 Å². The largest absolute Gasteiger partial charge is 0.416 e. The van der Waals surface area contributed by atoms with Crippen LogP contribution in [0.25, 0.3) is 0 Å². The van der Waals surface area contributed by atoms with E-state index in [9.17, 15) is 21.6 Å². The zero-order valence-electron chi connectivity index (χ0n) is 23.8. The van der Waals surface area contributed by atoms with Crippen LogP contribution in [0.3, 0.4) is 0 Å². The first kappa shape index (κ1) is 30.0. The summed E-state index contributed by atoms with van der Waals surface area (Å²) in [5.41, 5.74) is 1.46. The average molecular weight is 604 g/mol. The van der Waals surface area contributed by atoms with Crippen molar-refractivity contribution in [2.24, 2.45) is 0 Å². The van der Waals surface area contributed by atoms with Crippen LogP contribution in [0.15, 0.2) is 47.5 Å². The summed E-state index contributed by atoms with van der Waals surface area (Å²) in [6.45, 7) is 6.36. The van der Waals surface area contributed by atoms with Gasteiger partial charge in [0.25, 0.3) is 0 Å². The lowest BCUT2D eigenvalue weighted by molar-refractivity contribution is -0.137. The Morgan fingerprint density at radius 3 is 2.36 bits per heavy atom. The van der Waals surface area contributed by atoms with E-state index < -0.39 is 21.8 Å². The Bertz CT molecular complexity index is 1490. The Morgan fingerprint density at radius 1 is 0.952 bits per heavy atom. The molecule has 1 aromatic carbocycles. The summed E-state index contributed by atoms with van der Waals surface area (Å²) in [7, 11) is -3.80. The van der Waals surface area contributed by atoms with E-state index in [1.807, 2.05) is 18.7 Å². The Labute approximate surface area is 244 Å². The SMILES string of the molecule is CCC(C)NS(=O)(=O)c1cccnc1N1CCc2nc(N3CCCCC3)nc(Nc3ccc(C(F)(F)F)cc3)c2CC1. The molecule has 0 aliphatic carbocycles. The van der Waals surface area contributed by atoms with Gasteiger partial charge in [0, 0.05) is 56.1 Å². The predicted octanol–water partition coefficient (Wildman–Crippen LogP) is 5.31. The van der Waals surface area contributed by atoms with Crippen LogP contribution in [-0.4, -0.2) is 55.6 Å². The zero-order valence-corrected chi connectivity index (χ0v) is 24.6. The lowest BCUT2D eigenvalue weighted by Crippen LogP contribution is -2.35. The van der Waals surface area contributed by atoms with Crippen molar-refractivity contribution < 1.29 is 21.6 Å². The van der Waals surface area contributed by atoms with Gasteiger partial charge in [-0.2, -0.15) is 18.2 Å². The molecule has 2 N–H and O–H groups in total. The first-order valence-corrected chi connectivity index (χ1v) is 15.8. The fraction of sp³-hybridized carbons (Fsp3) is 0.483. The Morgan fingerprint density at radius 2 is 1.67 bits per heavy atom. The van der Waals surface area contributed by atoms with E-state index in [1.54, 1.807) is 18.3 Å². The topological polar surface area (TPSA) is 103 Å². The number of alkyl halides is 3. The van der Waals surface area contributed by atoms with Gasteiger partial charge in [-0.05, 0) is 75.4 Å². The van der Waals surface area contributed by atoms with Gasteiger partial charge in [-0.1, -0.05) is 6.92 Å². The van der Waals surface area contributed by atoms with Crippen LogP contribution >= 0.6 is 0 Å². The van der Waals surface area contributed by atoms with Gasteiger partial charge in [-0.25, -0.2) is 23.1 Å². The minimum absolute atomic E-state index is 0.124. The second-order valence-corrected chi connectivity index (χ2v) is 12.5. The number of nitrogens with one attached hydrogen (secondary N) is 2. The van der Waals surface area contributed by atoms with Crippen molar-refractivity contribution in [3.05, 3.63) is 59.4 Å². The number of pyridine rings is 1. The van der Waals surface area contributed by atoms with E-state index in [1.165, 1.54) is 12.1 Å². The number of fused-ring (bicyclic) bond motifs is 1. The van der Waals surface area contributed by atoms with E-state index in [4.69, 9.17) is 9.97 Å². The van der Waals surface area contributed by atoms with Crippen molar-refractivity contribution in [2.75, 3.05) is 41.3 Å². The number of halogens is 3. The highest BCUT2D eigenvalue weighted by Gasteiger charge is 2.31. The highest BCUT2D eigenvalue weighted by molar-refractivity contribution is 7.89. The molecular weight excluding hydrogens is 567 g/mol. The summed E-state index contributed by atoms with van der Waals surface area (Å²) >= 11 is 0. The molecule has 42 heavy (non-hydrogen) atoms. The number of nitrogens with zero attached hydrogens (tertiary/aromatic N) is 5. The maximum absolute atomic E-state index is 13.2.